The lowest BCUT2D eigenvalue weighted by Gasteiger charge is -2.32. The molecular weight excluding hydrogens is 667 g/mol. The second-order valence-electron chi connectivity index (χ2n) is 11.9. The number of nitrogens with zero attached hydrogens (tertiary/aromatic N) is 3. The largest absolute Gasteiger partial charge is 0.444 e. The van der Waals surface area contributed by atoms with Gasteiger partial charge in [0.05, 0.1) is 34.5 Å². The number of hydrogen-bond acceptors (Lipinski definition) is 10. The Bertz CT molecular complexity index is 1490. The van der Waals surface area contributed by atoms with Crippen molar-refractivity contribution >= 4 is 70.6 Å². The van der Waals surface area contributed by atoms with Gasteiger partial charge < -0.3 is 36.1 Å². The van der Waals surface area contributed by atoms with Gasteiger partial charge in [0, 0.05) is 24.5 Å². The molecule has 0 saturated carbocycles. The molecule has 3 rings (SSSR count). The Morgan fingerprint density at radius 2 is 1.67 bits per heavy atom. The van der Waals surface area contributed by atoms with Gasteiger partial charge in [-0.25, -0.2) is 9.78 Å². The van der Waals surface area contributed by atoms with Crippen molar-refractivity contribution in [1.82, 2.24) is 30.8 Å². The van der Waals surface area contributed by atoms with Crippen molar-refractivity contribution in [1.29, 1.82) is 0 Å². The standard InChI is InChI=1S/C31H40Cl2N8O7/c1-6-17(14-42)37-28(44)23-11-19(48-31(47)38-18-9-20(32)24(34)21(33)10-18)13-41(23)30(46)26(16(4)5)40-29(45)25(15(2)3)39-27(43)22-12-35-7-8-36-22/h7-10,12,14-17,19,23,25-26H,6,11,13,34H2,1-5H3,(H,37,44)(H,38,47)(H,39,43)(H,40,45)/t17-,19+,23-,25-,26-/m0/s1. The van der Waals surface area contributed by atoms with Gasteiger partial charge in [-0.1, -0.05) is 57.8 Å². The second-order valence-corrected chi connectivity index (χ2v) is 12.7. The summed E-state index contributed by atoms with van der Waals surface area (Å²) in [7, 11) is 0. The number of anilines is 2. The average molecular weight is 708 g/mol. The van der Waals surface area contributed by atoms with Gasteiger partial charge in [-0.2, -0.15) is 0 Å². The zero-order chi connectivity index (χ0) is 35.7. The number of carbonyl (C=O) groups is 6. The van der Waals surface area contributed by atoms with Crippen LogP contribution in [0.15, 0.2) is 30.7 Å². The highest BCUT2D eigenvalue weighted by atomic mass is 35.5. The third kappa shape index (κ3) is 9.76. The maximum Gasteiger partial charge on any atom is 0.411 e. The molecule has 1 aromatic heterocycles. The highest BCUT2D eigenvalue weighted by Crippen LogP contribution is 2.31. The normalized spacial score (nSPS) is 17.6. The first-order valence-electron chi connectivity index (χ1n) is 15.3. The van der Waals surface area contributed by atoms with Crippen molar-refractivity contribution in [3.05, 3.63) is 46.5 Å². The fraction of sp³-hybridized carbons (Fsp3) is 0.484. The van der Waals surface area contributed by atoms with Crippen LogP contribution in [-0.4, -0.2) is 87.7 Å². The van der Waals surface area contributed by atoms with Crippen LogP contribution in [0.25, 0.3) is 0 Å². The SMILES string of the molecule is CC[C@@H](C=O)NC(=O)[C@@H]1C[C@@H](OC(=O)Nc2cc(Cl)c(N)c(Cl)c2)CN1C(=O)[C@@H](NC(=O)[C@@H](NC(=O)c1cnccn1)C(C)C)C(C)C. The summed E-state index contributed by atoms with van der Waals surface area (Å²) in [4.78, 5) is 87.1. The summed E-state index contributed by atoms with van der Waals surface area (Å²) in [5.41, 5.74) is 6.10. The fourth-order valence-corrected chi connectivity index (χ4v) is 5.43. The summed E-state index contributed by atoms with van der Waals surface area (Å²) >= 11 is 12.1. The first-order chi connectivity index (χ1) is 22.7. The number of ether oxygens (including phenoxy) is 1. The molecule has 5 atom stereocenters. The van der Waals surface area contributed by atoms with Crippen LogP contribution in [0.3, 0.4) is 0 Å². The number of hydrogen-bond donors (Lipinski definition) is 5. The minimum Gasteiger partial charge on any atom is -0.444 e. The summed E-state index contributed by atoms with van der Waals surface area (Å²) in [6, 6.07) is -1.36. The topological polar surface area (TPSA) is 215 Å². The molecular formula is C31H40Cl2N8O7. The fourth-order valence-electron chi connectivity index (χ4n) is 4.94. The molecule has 17 heteroatoms. The Morgan fingerprint density at radius 1 is 1.02 bits per heavy atom. The summed E-state index contributed by atoms with van der Waals surface area (Å²) in [5.74, 6) is -3.34. The van der Waals surface area contributed by atoms with Crippen LogP contribution in [0.1, 0.15) is 57.9 Å². The van der Waals surface area contributed by atoms with E-state index >= 15 is 0 Å². The lowest BCUT2D eigenvalue weighted by molar-refractivity contribution is -0.143. The quantitative estimate of drug-likeness (QED) is 0.152. The van der Waals surface area contributed by atoms with E-state index in [0.717, 1.165) is 0 Å². The first kappa shape index (κ1) is 38.0. The van der Waals surface area contributed by atoms with Gasteiger partial charge in [-0.15, -0.1) is 0 Å². The monoisotopic (exact) mass is 706 g/mol. The molecule has 1 aliphatic rings. The van der Waals surface area contributed by atoms with Crippen LogP contribution in [-0.2, 0) is 23.9 Å². The molecule has 0 radical (unpaired) electrons. The Morgan fingerprint density at radius 3 is 2.21 bits per heavy atom. The molecule has 6 N–H and O–H groups in total. The van der Waals surface area contributed by atoms with Crippen molar-refractivity contribution < 1.29 is 33.5 Å². The van der Waals surface area contributed by atoms with Crippen LogP contribution < -0.4 is 27.0 Å². The highest BCUT2D eigenvalue weighted by molar-refractivity contribution is 6.39. The van der Waals surface area contributed by atoms with E-state index < -0.39 is 65.9 Å². The summed E-state index contributed by atoms with van der Waals surface area (Å²) in [5, 5.41) is 10.7. The number of amides is 5. The predicted molar refractivity (Wildman–Crippen MR) is 178 cm³/mol. The molecule has 5 amide bonds. The Kier molecular flexibility index (Phi) is 13.5. The van der Waals surface area contributed by atoms with Crippen molar-refractivity contribution in [2.45, 2.75) is 77.7 Å². The summed E-state index contributed by atoms with van der Waals surface area (Å²) in [6.07, 6.45) is 2.96. The number of likely N-dealkylation sites (tertiary alicyclic amines) is 1. The maximum absolute atomic E-state index is 14.1. The zero-order valence-electron chi connectivity index (χ0n) is 27.2. The predicted octanol–water partition coefficient (Wildman–Crippen LogP) is 2.57. The van der Waals surface area contributed by atoms with E-state index in [4.69, 9.17) is 33.7 Å². The van der Waals surface area contributed by atoms with Crippen molar-refractivity contribution in [3.63, 3.8) is 0 Å². The van der Waals surface area contributed by atoms with Crippen molar-refractivity contribution in [2.24, 2.45) is 11.8 Å². The number of aldehydes is 1. The number of rotatable bonds is 13. The molecule has 2 aromatic rings. The van der Waals surface area contributed by atoms with Crippen molar-refractivity contribution in [3.8, 4) is 0 Å². The highest BCUT2D eigenvalue weighted by Gasteiger charge is 2.45. The molecule has 0 bridgehead atoms. The van der Waals surface area contributed by atoms with E-state index in [1.807, 2.05) is 0 Å². The molecule has 1 aromatic carbocycles. The molecule has 0 unspecified atom stereocenters. The summed E-state index contributed by atoms with van der Waals surface area (Å²) < 4.78 is 5.56. The average Bonchev–Trinajstić information content (AvgIpc) is 3.46. The molecule has 48 heavy (non-hydrogen) atoms. The van der Waals surface area contributed by atoms with Gasteiger partial charge in [0.1, 0.15) is 36.2 Å². The number of benzene rings is 1. The second kappa shape index (κ2) is 17.1. The molecule has 1 saturated heterocycles. The molecule has 1 fully saturated rings. The third-order valence-corrected chi connectivity index (χ3v) is 8.27. The minimum absolute atomic E-state index is 0.0109. The van der Waals surface area contributed by atoms with Crippen LogP contribution in [0.5, 0.6) is 0 Å². The van der Waals surface area contributed by atoms with Crippen molar-refractivity contribution in [2.75, 3.05) is 17.6 Å². The number of aromatic nitrogens is 2. The van der Waals surface area contributed by atoms with Gasteiger partial charge in [-0.3, -0.25) is 29.5 Å². The molecule has 0 aliphatic carbocycles. The van der Waals surface area contributed by atoms with Crippen LogP contribution in [0, 0.1) is 11.8 Å². The van der Waals surface area contributed by atoms with Gasteiger partial charge in [0.2, 0.25) is 17.7 Å². The third-order valence-electron chi connectivity index (χ3n) is 7.64. The van der Waals surface area contributed by atoms with Crippen LogP contribution >= 0.6 is 23.2 Å². The molecule has 15 nitrogen and oxygen atoms in total. The van der Waals surface area contributed by atoms with Gasteiger partial charge in [0.25, 0.3) is 5.91 Å². The lowest BCUT2D eigenvalue weighted by atomic mass is 9.98. The number of halogens is 2. The molecule has 0 spiro atoms. The van der Waals surface area contributed by atoms with Gasteiger partial charge in [0.15, 0.2) is 0 Å². The van der Waals surface area contributed by atoms with Gasteiger partial charge >= 0.3 is 6.09 Å². The smallest absolute Gasteiger partial charge is 0.411 e. The van der Waals surface area contributed by atoms with E-state index in [9.17, 15) is 28.8 Å². The number of nitrogen functional groups attached to an aromatic ring is 1. The van der Waals surface area contributed by atoms with E-state index in [2.05, 4.69) is 31.2 Å². The van der Waals surface area contributed by atoms with E-state index in [1.54, 1.807) is 34.6 Å². The molecule has 1 aliphatic heterocycles. The zero-order valence-corrected chi connectivity index (χ0v) is 28.7. The number of nitrogens with two attached hydrogens (primary N) is 1. The van der Waals surface area contributed by atoms with E-state index in [0.29, 0.717) is 12.7 Å². The van der Waals surface area contributed by atoms with E-state index in [1.165, 1.54) is 35.6 Å². The summed E-state index contributed by atoms with van der Waals surface area (Å²) in [6.45, 7) is 8.39. The van der Waals surface area contributed by atoms with Crippen LogP contribution in [0.4, 0.5) is 16.2 Å². The molecule has 260 valence electrons. The molecule has 2 heterocycles. The number of nitrogens with one attached hydrogen (secondary N) is 4. The number of carbonyl (C=O) groups excluding carboxylic acids is 6. The van der Waals surface area contributed by atoms with Gasteiger partial charge in [-0.05, 0) is 30.4 Å². The first-order valence-corrected chi connectivity index (χ1v) is 16.1. The minimum atomic E-state index is -1.14. The van der Waals surface area contributed by atoms with Crippen LogP contribution in [0.2, 0.25) is 10.0 Å². The maximum atomic E-state index is 14.1. The lowest BCUT2D eigenvalue weighted by Crippen LogP contribution is -2.59. The Labute approximate surface area is 288 Å². The van der Waals surface area contributed by atoms with E-state index in [-0.39, 0.29) is 46.0 Å². The Hall–Kier alpha value is -4.50. The Balaban J connectivity index is 1.81.